The second-order valence-corrected chi connectivity index (χ2v) is 0.102. The van der Waals surface area contributed by atoms with Crippen LogP contribution in [0.25, 0.3) is 0 Å². The molecule has 0 rings (SSSR count). The van der Waals surface area contributed by atoms with Gasteiger partial charge in [-0.25, -0.2) is 10.2 Å². The van der Waals surface area contributed by atoms with Crippen LogP contribution < -0.4 is 0 Å². The SMILES string of the molecule is Cl.N=C=O.[CsH]. The molecule has 26 valence electrons. The van der Waals surface area contributed by atoms with Crippen LogP contribution in [-0.2, 0) is 4.79 Å². The summed E-state index contributed by atoms with van der Waals surface area (Å²) in [7, 11) is 0. The first kappa shape index (κ1) is 15.9. The van der Waals surface area contributed by atoms with E-state index in [1.165, 1.54) is 0 Å². The predicted molar refractivity (Wildman–Crippen MR) is 22.8 cm³/mol. The molecule has 0 spiro atoms. The normalized spacial score (nSPS) is 1.60. The van der Waals surface area contributed by atoms with Crippen LogP contribution in [0, 0.1) is 5.41 Å². The summed E-state index contributed by atoms with van der Waals surface area (Å²) in [4.78, 5) is 8.35. The van der Waals surface area contributed by atoms with Crippen molar-refractivity contribution in [3.63, 3.8) is 0 Å². The van der Waals surface area contributed by atoms with Crippen molar-refractivity contribution in [3.05, 3.63) is 0 Å². The molecule has 0 amide bonds. The third kappa shape index (κ3) is 26.7. The fourth-order valence-corrected chi connectivity index (χ4v) is 0. The Morgan fingerprint density at radius 1 is 1.60 bits per heavy atom. The standard InChI is InChI=1S/CHNO.ClH.Cs.H/c2-1-3;;;/h2H;1H;;. The van der Waals surface area contributed by atoms with Crippen LogP contribution in [0.4, 0.5) is 0 Å². The zero-order valence-corrected chi connectivity index (χ0v) is 2.63. The maximum atomic E-state index is 8.35. The molecular formula is CH3ClCsNO. The topological polar surface area (TPSA) is 40.9 Å². The van der Waals surface area contributed by atoms with Gasteiger partial charge >= 0.3 is 68.9 Å². The number of nitrogens with one attached hydrogen (secondary N) is 1. The molecule has 0 heterocycles. The molecule has 0 fully saturated rings. The second kappa shape index (κ2) is 17.2. The van der Waals surface area contributed by atoms with E-state index in [4.69, 9.17) is 10.2 Å². The number of carbonyl (C=O) groups excluding carboxylic acids is 1. The fraction of sp³-hybridized carbons (Fsp3) is 0. The summed E-state index contributed by atoms with van der Waals surface area (Å²) in [6.07, 6.45) is 0.750. The number of isocyanates is 1. The van der Waals surface area contributed by atoms with Crippen molar-refractivity contribution < 1.29 is 4.79 Å². The number of halogens is 1. The quantitative estimate of drug-likeness (QED) is 0.435. The summed E-state index contributed by atoms with van der Waals surface area (Å²) in [5.74, 6) is 0. The van der Waals surface area contributed by atoms with Crippen molar-refractivity contribution >= 4 is 87.4 Å². The summed E-state index contributed by atoms with van der Waals surface area (Å²) in [6, 6.07) is 0. The number of rotatable bonds is 0. The molecule has 0 saturated heterocycles. The minimum atomic E-state index is 0. The van der Waals surface area contributed by atoms with E-state index in [-0.39, 0.29) is 81.3 Å². The van der Waals surface area contributed by atoms with Gasteiger partial charge in [-0.1, -0.05) is 0 Å². The van der Waals surface area contributed by atoms with E-state index in [1.54, 1.807) is 0 Å². The van der Waals surface area contributed by atoms with Crippen LogP contribution in [0.5, 0.6) is 0 Å². The maximum absolute atomic E-state index is 8.35. The first-order valence-electron chi connectivity index (χ1n) is 0.454. The zero-order chi connectivity index (χ0) is 2.71. The second-order valence-electron chi connectivity index (χ2n) is 0.102. The molecule has 0 aliphatic heterocycles. The van der Waals surface area contributed by atoms with E-state index in [0.717, 1.165) is 6.08 Å². The Kier molecular flexibility index (Phi) is 54.7. The van der Waals surface area contributed by atoms with Crippen LogP contribution in [0.3, 0.4) is 0 Å². The van der Waals surface area contributed by atoms with Gasteiger partial charge in [0.25, 0.3) is 0 Å². The van der Waals surface area contributed by atoms with Gasteiger partial charge in [-0.05, 0) is 0 Å². The molecule has 0 radical (unpaired) electrons. The molecule has 2 nitrogen and oxygen atoms in total. The zero-order valence-electron chi connectivity index (χ0n) is 1.82. The third-order valence-corrected chi connectivity index (χ3v) is 0. The van der Waals surface area contributed by atoms with Gasteiger partial charge in [0.15, 0.2) is 0 Å². The third-order valence-electron chi connectivity index (χ3n) is 0. The molecule has 4 heteroatoms. The van der Waals surface area contributed by atoms with E-state index >= 15 is 0 Å². The molecule has 0 aliphatic carbocycles. The molecule has 0 unspecified atom stereocenters. The van der Waals surface area contributed by atoms with Gasteiger partial charge in [0.2, 0.25) is 6.08 Å². The Hall–Kier alpha value is 1.72. The Balaban J connectivity index is -0.0000000200. The molecule has 1 N–H and O–H groups in total. The van der Waals surface area contributed by atoms with Gasteiger partial charge in [0, 0.05) is 0 Å². The van der Waals surface area contributed by atoms with Crippen LogP contribution in [-0.4, -0.2) is 75.0 Å². The Bertz CT molecular complexity index is 32.6. The van der Waals surface area contributed by atoms with Crippen LogP contribution >= 0.6 is 12.4 Å². The monoisotopic (exact) mass is 213 g/mol. The van der Waals surface area contributed by atoms with Crippen molar-refractivity contribution in [2.45, 2.75) is 0 Å². The number of hydrogen-bond donors (Lipinski definition) is 1. The molecule has 0 aromatic rings. The van der Waals surface area contributed by atoms with Crippen molar-refractivity contribution in [2.75, 3.05) is 0 Å². The van der Waals surface area contributed by atoms with E-state index in [9.17, 15) is 0 Å². The number of hydrogen-bond acceptors (Lipinski definition) is 2. The van der Waals surface area contributed by atoms with Gasteiger partial charge in [-0.3, -0.25) is 0 Å². The van der Waals surface area contributed by atoms with Gasteiger partial charge in [0.1, 0.15) is 0 Å². The van der Waals surface area contributed by atoms with Crippen LogP contribution in [0.2, 0.25) is 0 Å². The van der Waals surface area contributed by atoms with Gasteiger partial charge in [-0.15, -0.1) is 12.4 Å². The van der Waals surface area contributed by atoms with E-state index in [1.807, 2.05) is 0 Å². The van der Waals surface area contributed by atoms with Crippen molar-refractivity contribution in [1.29, 1.82) is 5.41 Å². The average Bonchev–Trinajstić information content (AvgIpc) is 0.918. The summed E-state index contributed by atoms with van der Waals surface area (Å²) < 4.78 is 0. The minimum absolute atomic E-state index is 0. The molecule has 0 bridgehead atoms. The summed E-state index contributed by atoms with van der Waals surface area (Å²) in [5, 5.41) is 5.40. The molecular weight excluding hydrogens is 210 g/mol. The van der Waals surface area contributed by atoms with E-state index in [2.05, 4.69) is 0 Å². The summed E-state index contributed by atoms with van der Waals surface area (Å²) in [5.41, 5.74) is 0. The summed E-state index contributed by atoms with van der Waals surface area (Å²) >= 11 is 0. The van der Waals surface area contributed by atoms with Gasteiger partial charge in [0.05, 0.1) is 0 Å². The van der Waals surface area contributed by atoms with E-state index < -0.39 is 0 Å². The average molecular weight is 213 g/mol. The predicted octanol–water partition coefficient (Wildman–Crippen LogP) is -0.326. The molecule has 0 aromatic carbocycles. The van der Waals surface area contributed by atoms with E-state index in [0.29, 0.717) is 0 Å². The first-order valence-corrected chi connectivity index (χ1v) is 0.454. The molecule has 0 atom stereocenters. The first-order chi connectivity index (χ1) is 1.41. The Morgan fingerprint density at radius 2 is 1.60 bits per heavy atom. The van der Waals surface area contributed by atoms with Crippen molar-refractivity contribution in [2.24, 2.45) is 0 Å². The molecule has 0 aliphatic rings. The fourth-order valence-electron chi connectivity index (χ4n) is 0. The molecule has 0 saturated carbocycles. The van der Waals surface area contributed by atoms with Gasteiger partial charge < -0.3 is 0 Å². The van der Waals surface area contributed by atoms with Crippen LogP contribution in [0.15, 0.2) is 0 Å². The van der Waals surface area contributed by atoms with Gasteiger partial charge in [-0.2, -0.15) is 0 Å². The van der Waals surface area contributed by atoms with Crippen molar-refractivity contribution in [3.8, 4) is 0 Å². The van der Waals surface area contributed by atoms with Crippen LogP contribution in [0.1, 0.15) is 0 Å². The van der Waals surface area contributed by atoms with Crippen molar-refractivity contribution in [1.82, 2.24) is 0 Å². The molecule has 0 aromatic heterocycles. The Labute approximate surface area is 95.0 Å². The Morgan fingerprint density at radius 3 is 1.60 bits per heavy atom. The molecule has 5 heavy (non-hydrogen) atoms. The summed E-state index contributed by atoms with van der Waals surface area (Å²) in [6.45, 7) is 0.